The number of nitrogens with zero attached hydrogens (tertiary/aromatic N) is 3. The van der Waals surface area contributed by atoms with E-state index in [1.165, 1.54) is 4.88 Å². The largest absolute Gasteiger partial charge is 0.310 e. The van der Waals surface area contributed by atoms with Gasteiger partial charge in [0.15, 0.2) is 0 Å². The molecule has 27 heavy (non-hydrogen) atoms. The molecule has 0 saturated heterocycles. The van der Waals surface area contributed by atoms with Crippen molar-refractivity contribution in [3.05, 3.63) is 67.8 Å². The molecule has 3 aromatic rings. The average Bonchev–Trinajstić information content (AvgIpc) is 3.42. The maximum absolute atomic E-state index is 12.5. The van der Waals surface area contributed by atoms with Gasteiger partial charge in [0, 0.05) is 53.6 Å². The molecule has 1 N–H and O–H groups in total. The van der Waals surface area contributed by atoms with Crippen molar-refractivity contribution in [1.82, 2.24) is 19.9 Å². The Labute approximate surface area is 166 Å². The third kappa shape index (κ3) is 3.57. The molecule has 0 spiro atoms. The van der Waals surface area contributed by atoms with E-state index < -0.39 is 0 Å². The number of rotatable bonds is 4. The molecule has 0 bridgehead atoms. The molecule has 138 valence electrons. The number of hydrogen-bond acceptors (Lipinski definition) is 5. The van der Waals surface area contributed by atoms with Crippen LogP contribution in [0.4, 0.5) is 0 Å². The number of fused-ring (bicyclic) bond motifs is 1. The standard InChI is InChI=1S/C20H19ClN4OS/c21-14-5-3-13(4-6-14)20-22-9-15(27-20)10-25-8-7-17-16(11-25)19(26)24-18(23-17)12-1-2-12/h3-6,9,12H,1-2,7-8,10-11H2,(H,23,24,26). The highest BCUT2D eigenvalue weighted by molar-refractivity contribution is 7.15. The lowest BCUT2D eigenvalue weighted by atomic mass is 10.1. The van der Waals surface area contributed by atoms with E-state index in [0.29, 0.717) is 12.5 Å². The lowest BCUT2D eigenvalue weighted by molar-refractivity contribution is 0.243. The Morgan fingerprint density at radius 3 is 2.85 bits per heavy atom. The summed E-state index contributed by atoms with van der Waals surface area (Å²) in [6, 6.07) is 7.75. The number of hydrogen-bond donors (Lipinski definition) is 1. The number of thiazole rings is 1. The summed E-state index contributed by atoms with van der Waals surface area (Å²) in [5.74, 6) is 1.37. The monoisotopic (exact) mass is 398 g/mol. The smallest absolute Gasteiger partial charge is 0.255 e. The maximum Gasteiger partial charge on any atom is 0.255 e. The highest BCUT2D eigenvalue weighted by Crippen LogP contribution is 2.38. The molecule has 2 aliphatic rings. The van der Waals surface area contributed by atoms with Gasteiger partial charge in [-0.25, -0.2) is 9.97 Å². The summed E-state index contributed by atoms with van der Waals surface area (Å²) in [6.45, 7) is 2.37. The first-order valence-corrected chi connectivity index (χ1v) is 10.4. The van der Waals surface area contributed by atoms with Gasteiger partial charge in [-0.1, -0.05) is 23.7 Å². The van der Waals surface area contributed by atoms with E-state index in [1.54, 1.807) is 11.3 Å². The topological polar surface area (TPSA) is 61.9 Å². The summed E-state index contributed by atoms with van der Waals surface area (Å²) >= 11 is 7.65. The van der Waals surface area contributed by atoms with Gasteiger partial charge in [0.2, 0.25) is 0 Å². The van der Waals surface area contributed by atoms with Crippen LogP contribution in [-0.4, -0.2) is 26.4 Å². The lowest BCUT2D eigenvalue weighted by Crippen LogP contribution is -2.35. The van der Waals surface area contributed by atoms with Crippen LogP contribution < -0.4 is 5.56 Å². The first-order valence-electron chi connectivity index (χ1n) is 9.20. The third-order valence-electron chi connectivity index (χ3n) is 5.15. The maximum atomic E-state index is 12.5. The van der Waals surface area contributed by atoms with Crippen LogP contribution in [0.1, 0.15) is 40.7 Å². The number of halogens is 1. The van der Waals surface area contributed by atoms with Crippen LogP contribution >= 0.6 is 22.9 Å². The van der Waals surface area contributed by atoms with Crippen LogP contribution in [0, 0.1) is 0 Å². The molecule has 2 aromatic heterocycles. The summed E-state index contributed by atoms with van der Waals surface area (Å²) in [7, 11) is 0. The zero-order valence-corrected chi connectivity index (χ0v) is 16.3. The fourth-order valence-electron chi connectivity index (χ4n) is 3.51. The molecule has 0 atom stereocenters. The van der Waals surface area contributed by atoms with Crippen molar-refractivity contribution in [2.24, 2.45) is 0 Å². The van der Waals surface area contributed by atoms with Crippen molar-refractivity contribution in [2.75, 3.05) is 6.54 Å². The number of benzene rings is 1. The SMILES string of the molecule is O=c1[nH]c(C2CC2)nc2c1CN(Cc1cnc(-c3ccc(Cl)cc3)s1)CC2. The van der Waals surface area contributed by atoms with Crippen LogP contribution in [0.25, 0.3) is 10.6 Å². The van der Waals surface area contributed by atoms with Gasteiger partial charge < -0.3 is 4.98 Å². The number of aromatic amines is 1. The first kappa shape index (κ1) is 17.1. The van der Waals surface area contributed by atoms with E-state index in [-0.39, 0.29) is 5.56 Å². The Balaban J connectivity index is 1.31. The second-order valence-corrected chi connectivity index (χ2v) is 8.80. The van der Waals surface area contributed by atoms with E-state index in [4.69, 9.17) is 16.6 Å². The Bertz CT molecular complexity index is 1040. The molecule has 1 fully saturated rings. The van der Waals surface area contributed by atoms with E-state index in [0.717, 1.165) is 65.0 Å². The number of aromatic nitrogens is 3. The molecule has 0 unspecified atom stereocenters. The minimum atomic E-state index is 0.0396. The zero-order valence-electron chi connectivity index (χ0n) is 14.7. The van der Waals surface area contributed by atoms with Crippen LogP contribution in [0.3, 0.4) is 0 Å². The van der Waals surface area contributed by atoms with Crippen LogP contribution in [0.2, 0.25) is 5.02 Å². The van der Waals surface area contributed by atoms with Gasteiger partial charge in [0.1, 0.15) is 10.8 Å². The Morgan fingerprint density at radius 1 is 1.26 bits per heavy atom. The normalized spacial score (nSPS) is 17.1. The minimum absolute atomic E-state index is 0.0396. The second-order valence-electron chi connectivity index (χ2n) is 7.25. The third-order valence-corrected chi connectivity index (χ3v) is 6.44. The predicted molar refractivity (Wildman–Crippen MR) is 107 cm³/mol. The highest BCUT2D eigenvalue weighted by atomic mass is 35.5. The van der Waals surface area contributed by atoms with Gasteiger partial charge in [-0.15, -0.1) is 11.3 Å². The van der Waals surface area contributed by atoms with E-state index in [9.17, 15) is 4.79 Å². The molecule has 1 saturated carbocycles. The van der Waals surface area contributed by atoms with E-state index in [1.807, 2.05) is 30.5 Å². The van der Waals surface area contributed by atoms with Crippen molar-refractivity contribution in [3.8, 4) is 10.6 Å². The van der Waals surface area contributed by atoms with Crippen LogP contribution in [-0.2, 0) is 19.5 Å². The molecule has 5 nitrogen and oxygen atoms in total. The van der Waals surface area contributed by atoms with E-state index >= 15 is 0 Å². The van der Waals surface area contributed by atoms with Crippen molar-refractivity contribution in [2.45, 2.75) is 38.3 Å². The fourth-order valence-corrected chi connectivity index (χ4v) is 4.60. The highest BCUT2D eigenvalue weighted by Gasteiger charge is 2.29. The predicted octanol–water partition coefficient (Wildman–Crippen LogP) is 3.98. The Kier molecular flexibility index (Phi) is 4.34. The molecule has 1 aromatic carbocycles. The summed E-state index contributed by atoms with van der Waals surface area (Å²) in [5, 5.41) is 1.72. The molecule has 7 heteroatoms. The molecule has 0 amide bonds. The van der Waals surface area contributed by atoms with Gasteiger partial charge >= 0.3 is 0 Å². The Hall–Kier alpha value is -2.02. The molecule has 1 aliphatic heterocycles. The molecular weight excluding hydrogens is 380 g/mol. The van der Waals surface area contributed by atoms with Crippen molar-refractivity contribution in [3.63, 3.8) is 0 Å². The van der Waals surface area contributed by atoms with Gasteiger partial charge in [0.25, 0.3) is 5.56 Å². The van der Waals surface area contributed by atoms with Gasteiger partial charge in [-0.2, -0.15) is 0 Å². The summed E-state index contributed by atoms with van der Waals surface area (Å²) in [4.78, 5) is 28.3. The minimum Gasteiger partial charge on any atom is -0.310 e. The molecule has 3 heterocycles. The van der Waals surface area contributed by atoms with Gasteiger partial charge in [-0.3, -0.25) is 9.69 Å². The first-order chi connectivity index (χ1) is 13.2. The van der Waals surface area contributed by atoms with Crippen molar-refractivity contribution in [1.29, 1.82) is 0 Å². The van der Waals surface area contributed by atoms with Crippen LogP contribution in [0.5, 0.6) is 0 Å². The number of H-pyrrole nitrogens is 1. The number of nitrogens with one attached hydrogen (secondary N) is 1. The summed E-state index contributed by atoms with van der Waals surface area (Å²) < 4.78 is 0. The second kappa shape index (κ2) is 6.86. The zero-order chi connectivity index (χ0) is 18.4. The van der Waals surface area contributed by atoms with Crippen molar-refractivity contribution >= 4 is 22.9 Å². The summed E-state index contributed by atoms with van der Waals surface area (Å²) in [6.07, 6.45) is 5.06. The average molecular weight is 399 g/mol. The molecule has 1 aliphatic carbocycles. The summed E-state index contributed by atoms with van der Waals surface area (Å²) in [5.41, 5.74) is 2.93. The molecule has 5 rings (SSSR count). The van der Waals surface area contributed by atoms with E-state index in [2.05, 4.69) is 14.9 Å². The Morgan fingerprint density at radius 2 is 2.07 bits per heavy atom. The van der Waals surface area contributed by atoms with Gasteiger partial charge in [-0.05, 0) is 25.0 Å². The molecule has 0 radical (unpaired) electrons. The quantitative estimate of drug-likeness (QED) is 0.722. The van der Waals surface area contributed by atoms with Crippen molar-refractivity contribution < 1.29 is 0 Å². The lowest BCUT2D eigenvalue weighted by Gasteiger charge is -2.27. The van der Waals surface area contributed by atoms with Crippen LogP contribution in [0.15, 0.2) is 35.3 Å². The van der Waals surface area contributed by atoms with Gasteiger partial charge in [0.05, 0.1) is 11.3 Å². The fraction of sp³-hybridized carbons (Fsp3) is 0.350. The molecular formula is C20H19ClN4OS.